The number of anilines is 1. The summed E-state index contributed by atoms with van der Waals surface area (Å²) in [5.74, 6) is 0.315. The third kappa shape index (κ3) is 4.24. The van der Waals surface area contributed by atoms with Crippen LogP contribution in [0.3, 0.4) is 0 Å². The highest BCUT2D eigenvalue weighted by atomic mass is 32.1. The Bertz CT molecular complexity index is 638. The fraction of sp³-hybridized carbons (Fsp3) is 0.357. The van der Waals surface area contributed by atoms with E-state index in [9.17, 15) is 0 Å². The number of ether oxygens (including phenoxy) is 1. The fourth-order valence-electron chi connectivity index (χ4n) is 1.84. The summed E-state index contributed by atoms with van der Waals surface area (Å²) in [5, 5.41) is 12.7. The Hall–Kier alpha value is -1.99. The Kier molecular flexibility index (Phi) is 5.24. The van der Waals surface area contributed by atoms with Gasteiger partial charge in [0.2, 0.25) is 5.13 Å². The number of hydrogen-bond donors (Lipinski definition) is 2. The van der Waals surface area contributed by atoms with Gasteiger partial charge in [-0.05, 0) is 19.4 Å². The molecule has 2 rings (SSSR count). The quantitative estimate of drug-likeness (QED) is 0.502. The van der Waals surface area contributed by atoms with E-state index in [0.717, 1.165) is 10.6 Å². The number of nitrogens with one attached hydrogen (secondary N) is 1. The second kappa shape index (κ2) is 7.14. The summed E-state index contributed by atoms with van der Waals surface area (Å²) in [6.45, 7) is 5.18. The highest BCUT2D eigenvalue weighted by molar-refractivity contribution is 7.18. The Morgan fingerprint density at radius 1 is 1.38 bits per heavy atom. The van der Waals surface area contributed by atoms with E-state index in [1.807, 2.05) is 0 Å². The predicted octanol–water partition coefficient (Wildman–Crippen LogP) is 2.19. The van der Waals surface area contributed by atoms with E-state index in [-0.39, 0.29) is 0 Å². The van der Waals surface area contributed by atoms with E-state index >= 15 is 0 Å². The molecule has 112 valence electrons. The van der Waals surface area contributed by atoms with Crippen LogP contribution < -0.4 is 11.1 Å². The zero-order valence-corrected chi connectivity index (χ0v) is 13.2. The lowest BCUT2D eigenvalue weighted by Gasteiger charge is -2.02. The van der Waals surface area contributed by atoms with E-state index < -0.39 is 0 Å². The van der Waals surface area contributed by atoms with Gasteiger partial charge in [0.1, 0.15) is 5.01 Å². The van der Waals surface area contributed by atoms with E-state index in [2.05, 4.69) is 52.6 Å². The van der Waals surface area contributed by atoms with Crippen LogP contribution in [0.1, 0.15) is 11.1 Å². The first-order valence-electron chi connectivity index (χ1n) is 6.57. The molecule has 1 aromatic heterocycles. The molecule has 3 N–H and O–H groups in total. The van der Waals surface area contributed by atoms with Crippen molar-refractivity contribution in [3.8, 4) is 10.6 Å². The summed E-state index contributed by atoms with van der Waals surface area (Å²) in [5.41, 5.74) is 9.26. The first kappa shape index (κ1) is 15.4. The molecule has 7 heteroatoms. The highest BCUT2D eigenvalue weighted by Gasteiger charge is 2.09. The number of aliphatic imine (C=N–C) groups is 1. The average Bonchev–Trinajstić information content (AvgIpc) is 2.87. The van der Waals surface area contributed by atoms with Crippen molar-refractivity contribution in [1.29, 1.82) is 0 Å². The molecule has 0 saturated carbocycles. The number of methoxy groups -OCH3 is 1. The number of rotatable bonds is 5. The third-order valence-electron chi connectivity index (χ3n) is 2.85. The summed E-state index contributed by atoms with van der Waals surface area (Å²) >= 11 is 1.45. The smallest absolute Gasteiger partial charge is 0.212 e. The number of benzene rings is 1. The van der Waals surface area contributed by atoms with Gasteiger partial charge in [-0.3, -0.25) is 4.99 Å². The maximum atomic E-state index is 5.77. The van der Waals surface area contributed by atoms with Crippen LogP contribution in [0.25, 0.3) is 10.6 Å². The Labute approximate surface area is 128 Å². The van der Waals surface area contributed by atoms with Gasteiger partial charge in [-0.15, -0.1) is 10.2 Å². The Morgan fingerprint density at radius 2 is 2.19 bits per heavy atom. The lowest BCUT2D eigenvalue weighted by Crippen LogP contribution is -2.23. The van der Waals surface area contributed by atoms with Gasteiger partial charge in [-0.25, -0.2) is 0 Å². The maximum absolute atomic E-state index is 5.77. The third-order valence-corrected chi connectivity index (χ3v) is 3.72. The maximum Gasteiger partial charge on any atom is 0.212 e. The minimum Gasteiger partial charge on any atom is -0.383 e. The molecule has 0 aliphatic heterocycles. The van der Waals surface area contributed by atoms with Gasteiger partial charge in [-0.2, -0.15) is 0 Å². The van der Waals surface area contributed by atoms with Crippen molar-refractivity contribution in [1.82, 2.24) is 10.2 Å². The van der Waals surface area contributed by atoms with Gasteiger partial charge < -0.3 is 15.8 Å². The number of nitrogens with two attached hydrogens (primary N) is 1. The molecule has 1 heterocycles. The van der Waals surface area contributed by atoms with Crippen LogP contribution >= 0.6 is 11.3 Å². The number of aryl methyl sites for hydroxylation is 2. The Morgan fingerprint density at radius 3 is 2.90 bits per heavy atom. The number of nitrogens with zero attached hydrogens (tertiary/aromatic N) is 3. The summed E-state index contributed by atoms with van der Waals surface area (Å²) in [7, 11) is 1.63. The molecule has 21 heavy (non-hydrogen) atoms. The van der Waals surface area contributed by atoms with Crippen molar-refractivity contribution < 1.29 is 4.74 Å². The van der Waals surface area contributed by atoms with Crippen molar-refractivity contribution in [3.63, 3.8) is 0 Å². The molecule has 0 atom stereocenters. The first-order chi connectivity index (χ1) is 10.1. The van der Waals surface area contributed by atoms with Crippen LogP contribution in [-0.4, -0.2) is 36.4 Å². The summed E-state index contributed by atoms with van der Waals surface area (Å²) in [4.78, 5) is 4.12. The highest BCUT2D eigenvalue weighted by Crippen LogP contribution is 2.29. The fourth-order valence-corrected chi connectivity index (χ4v) is 2.68. The molecule has 1 aromatic carbocycles. The molecule has 0 saturated heterocycles. The number of aromatic nitrogens is 2. The topological polar surface area (TPSA) is 85.4 Å². The average molecular weight is 305 g/mol. The standard InChI is InChI=1S/C14H19N5OS/c1-9-4-5-11(10(2)8-9)12-18-19-14(21-12)17-13(15)16-6-7-20-3/h4-5,8H,6-7H2,1-3H3,(H3,15,16,17,19). The summed E-state index contributed by atoms with van der Waals surface area (Å²) in [6.07, 6.45) is 0. The van der Waals surface area contributed by atoms with Crippen LogP contribution in [0, 0.1) is 13.8 Å². The molecule has 6 nitrogen and oxygen atoms in total. The second-order valence-electron chi connectivity index (χ2n) is 4.62. The molecule has 0 spiro atoms. The second-order valence-corrected chi connectivity index (χ2v) is 5.59. The van der Waals surface area contributed by atoms with Crippen LogP contribution in [0.2, 0.25) is 0 Å². The zero-order chi connectivity index (χ0) is 15.2. The van der Waals surface area contributed by atoms with Crippen molar-refractivity contribution in [2.75, 3.05) is 25.6 Å². The molecule has 0 amide bonds. The lowest BCUT2D eigenvalue weighted by atomic mass is 10.1. The molecule has 0 aliphatic carbocycles. The molecule has 0 fully saturated rings. The van der Waals surface area contributed by atoms with Gasteiger partial charge in [0, 0.05) is 12.7 Å². The van der Waals surface area contributed by atoms with Gasteiger partial charge in [0.25, 0.3) is 0 Å². The molecule has 0 aliphatic rings. The van der Waals surface area contributed by atoms with E-state index in [1.54, 1.807) is 7.11 Å². The first-order valence-corrected chi connectivity index (χ1v) is 7.39. The van der Waals surface area contributed by atoms with Gasteiger partial charge in [-0.1, -0.05) is 35.1 Å². The number of hydrogen-bond acceptors (Lipinski definition) is 5. The van der Waals surface area contributed by atoms with E-state index in [1.165, 1.54) is 22.5 Å². The predicted molar refractivity (Wildman–Crippen MR) is 86.8 cm³/mol. The SMILES string of the molecule is COCCN=C(N)Nc1nnc(-c2ccc(C)cc2C)s1. The number of guanidine groups is 1. The van der Waals surface area contributed by atoms with Crippen molar-refractivity contribution in [2.45, 2.75) is 13.8 Å². The van der Waals surface area contributed by atoms with Crippen LogP contribution in [0.4, 0.5) is 5.13 Å². The summed E-state index contributed by atoms with van der Waals surface area (Å²) in [6, 6.07) is 6.26. The molecule has 0 bridgehead atoms. The van der Waals surface area contributed by atoms with E-state index in [0.29, 0.717) is 24.2 Å². The minimum absolute atomic E-state index is 0.315. The zero-order valence-electron chi connectivity index (χ0n) is 12.4. The normalized spacial score (nSPS) is 11.7. The monoisotopic (exact) mass is 305 g/mol. The molecule has 0 unspecified atom stereocenters. The lowest BCUT2D eigenvalue weighted by molar-refractivity contribution is 0.208. The van der Waals surface area contributed by atoms with Crippen molar-refractivity contribution >= 4 is 22.4 Å². The molecule has 2 aromatic rings. The minimum atomic E-state index is 0.315. The molecule has 0 radical (unpaired) electrons. The largest absolute Gasteiger partial charge is 0.383 e. The van der Waals surface area contributed by atoms with Crippen LogP contribution in [0.5, 0.6) is 0 Å². The van der Waals surface area contributed by atoms with Gasteiger partial charge >= 0.3 is 0 Å². The van der Waals surface area contributed by atoms with Crippen molar-refractivity contribution in [3.05, 3.63) is 29.3 Å². The van der Waals surface area contributed by atoms with Gasteiger partial charge in [0.15, 0.2) is 5.96 Å². The van der Waals surface area contributed by atoms with E-state index in [4.69, 9.17) is 10.5 Å². The molecular formula is C14H19N5OS. The summed E-state index contributed by atoms with van der Waals surface area (Å²) < 4.78 is 4.91. The van der Waals surface area contributed by atoms with Crippen molar-refractivity contribution in [2.24, 2.45) is 10.7 Å². The van der Waals surface area contributed by atoms with Gasteiger partial charge in [0.05, 0.1) is 13.2 Å². The molecular weight excluding hydrogens is 286 g/mol. The van der Waals surface area contributed by atoms with Crippen LogP contribution in [-0.2, 0) is 4.74 Å². The Balaban J connectivity index is 2.09. The van der Waals surface area contributed by atoms with Crippen LogP contribution in [0.15, 0.2) is 23.2 Å².